The number of aromatic nitrogens is 2. The number of carbonyl (C=O) groups is 2. The fourth-order valence-corrected chi connectivity index (χ4v) is 2.83. The van der Waals surface area contributed by atoms with Crippen LogP contribution < -0.4 is 5.32 Å². The summed E-state index contributed by atoms with van der Waals surface area (Å²) in [7, 11) is 0. The van der Waals surface area contributed by atoms with E-state index in [0.29, 0.717) is 11.3 Å². The molecule has 0 spiro atoms. The Morgan fingerprint density at radius 2 is 1.89 bits per heavy atom. The summed E-state index contributed by atoms with van der Waals surface area (Å²) in [6, 6.07) is 12.2. The van der Waals surface area contributed by atoms with Gasteiger partial charge in [-0.1, -0.05) is 23.9 Å². The number of nitrogens with zero attached hydrogens (tertiary/aromatic N) is 2. The van der Waals surface area contributed by atoms with Gasteiger partial charge in [0, 0.05) is 5.56 Å². The lowest BCUT2D eigenvalue weighted by molar-refractivity contribution is -0.113. The van der Waals surface area contributed by atoms with Crippen LogP contribution in [-0.4, -0.2) is 34.4 Å². The number of esters is 1. The van der Waals surface area contributed by atoms with E-state index in [1.807, 2.05) is 0 Å². The normalized spacial score (nSPS) is 10.5. The van der Waals surface area contributed by atoms with Gasteiger partial charge in [-0.3, -0.25) is 4.79 Å². The van der Waals surface area contributed by atoms with Gasteiger partial charge in [0.15, 0.2) is 0 Å². The van der Waals surface area contributed by atoms with E-state index >= 15 is 0 Å². The van der Waals surface area contributed by atoms with Gasteiger partial charge in [-0.2, -0.15) is 0 Å². The minimum Gasteiger partial charge on any atom is -0.462 e. The SMILES string of the molecule is CCOC(=O)c1ccccc1NC(=O)CSc1nnc(-c2ccc(F)cc2)o1. The summed E-state index contributed by atoms with van der Waals surface area (Å²) >= 11 is 1.05. The average Bonchev–Trinajstić information content (AvgIpc) is 3.16. The lowest BCUT2D eigenvalue weighted by atomic mass is 10.2. The van der Waals surface area contributed by atoms with Crippen LogP contribution in [0, 0.1) is 5.82 Å². The molecule has 1 heterocycles. The van der Waals surface area contributed by atoms with Crippen molar-refractivity contribution in [3.05, 3.63) is 59.9 Å². The van der Waals surface area contributed by atoms with Crippen LogP contribution in [0.5, 0.6) is 0 Å². The van der Waals surface area contributed by atoms with Crippen LogP contribution in [0.1, 0.15) is 17.3 Å². The molecule has 1 aromatic heterocycles. The highest BCUT2D eigenvalue weighted by molar-refractivity contribution is 7.99. The molecular formula is C19H16FN3O4S. The quantitative estimate of drug-likeness (QED) is 0.475. The van der Waals surface area contributed by atoms with Crippen LogP contribution in [0.4, 0.5) is 10.1 Å². The van der Waals surface area contributed by atoms with Crippen LogP contribution in [0.15, 0.2) is 58.2 Å². The van der Waals surface area contributed by atoms with Crippen LogP contribution in [-0.2, 0) is 9.53 Å². The van der Waals surface area contributed by atoms with Crippen molar-refractivity contribution in [1.82, 2.24) is 10.2 Å². The smallest absolute Gasteiger partial charge is 0.340 e. The number of ether oxygens (including phenoxy) is 1. The van der Waals surface area contributed by atoms with E-state index in [0.717, 1.165) is 11.8 Å². The number of hydrogen-bond donors (Lipinski definition) is 1. The summed E-state index contributed by atoms with van der Waals surface area (Å²) in [6.45, 7) is 1.95. The van der Waals surface area contributed by atoms with E-state index in [1.165, 1.54) is 24.3 Å². The zero-order chi connectivity index (χ0) is 19.9. The van der Waals surface area contributed by atoms with Crippen LogP contribution in [0.2, 0.25) is 0 Å². The Bertz CT molecular complexity index is 975. The first kappa shape index (κ1) is 19.6. The maximum atomic E-state index is 13.0. The number of hydrogen-bond acceptors (Lipinski definition) is 7. The van der Waals surface area contributed by atoms with Gasteiger partial charge in [-0.05, 0) is 43.3 Å². The van der Waals surface area contributed by atoms with Crippen molar-refractivity contribution in [3.63, 3.8) is 0 Å². The van der Waals surface area contributed by atoms with Gasteiger partial charge in [-0.25, -0.2) is 9.18 Å². The maximum Gasteiger partial charge on any atom is 0.340 e. The number of rotatable bonds is 7. The van der Waals surface area contributed by atoms with E-state index in [9.17, 15) is 14.0 Å². The number of para-hydroxylation sites is 1. The third kappa shape index (κ3) is 4.95. The Hall–Kier alpha value is -3.20. The molecule has 9 heteroatoms. The van der Waals surface area contributed by atoms with Crippen molar-refractivity contribution in [2.24, 2.45) is 0 Å². The second-order valence-electron chi connectivity index (χ2n) is 5.48. The number of amides is 1. The maximum absolute atomic E-state index is 13.0. The van der Waals surface area contributed by atoms with Crippen molar-refractivity contribution < 1.29 is 23.1 Å². The summed E-state index contributed by atoms with van der Waals surface area (Å²) in [5.74, 6) is -0.981. The van der Waals surface area contributed by atoms with Crippen molar-refractivity contribution in [2.75, 3.05) is 17.7 Å². The van der Waals surface area contributed by atoms with Crippen molar-refractivity contribution in [2.45, 2.75) is 12.1 Å². The monoisotopic (exact) mass is 401 g/mol. The van der Waals surface area contributed by atoms with Crippen LogP contribution in [0.3, 0.4) is 0 Å². The molecule has 1 N–H and O–H groups in total. The van der Waals surface area contributed by atoms with E-state index < -0.39 is 5.97 Å². The Morgan fingerprint density at radius 3 is 2.64 bits per heavy atom. The van der Waals surface area contributed by atoms with Gasteiger partial charge in [-0.15, -0.1) is 10.2 Å². The Labute approximate surface area is 164 Å². The van der Waals surface area contributed by atoms with Gasteiger partial charge in [0.1, 0.15) is 5.82 Å². The molecule has 3 rings (SSSR count). The van der Waals surface area contributed by atoms with Gasteiger partial charge in [0.25, 0.3) is 5.22 Å². The van der Waals surface area contributed by atoms with E-state index in [2.05, 4.69) is 15.5 Å². The fourth-order valence-electron chi connectivity index (χ4n) is 2.27. The highest BCUT2D eigenvalue weighted by Gasteiger charge is 2.15. The molecule has 0 bridgehead atoms. The Morgan fingerprint density at radius 1 is 1.14 bits per heavy atom. The molecule has 144 valence electrons. The molecule has 0 fully saturated rings. The first-order chi connectivity index (χ1) is 13.6. The molecule has 0 unspecified atom stereocenters. The molecule has 28 heavy (non-hydrogen) atoms. The summed E-state index contributed by atoms with van der Waals surface area (Å²) in [5, 5.41) is 10.6. The third-order valence-corrected chi connectivity index (χ3v) is 4.34. The minimum absolute atomic E-state index is 0.00219. The molecule has 7 nitrogen and oxygen atoms in total. The molecular weight excluding hydrogens is 385 g/mol. The number of nitrogens with one attached hydrogen (secondary N) is 1. The van der Waals surface area contributed by atoms with Crippen molar-refractivity contribution in [3.8, 4) is 11.5 Å². The summed E-state index contributed by atoms with van der Waals surface area (Å²) in [5.41, 5.74) is 1.22. The molecule has 0 aliphatic rings. The topological polar surface area (TPSA) is 94.3 Å². The molecule has 0 aliphatic carbocycles. The lowest BCUT2D eigenvalue weighted by Gasteiger charge is -2.09. The van der Waals surface area contributed by atoms with Gasteiger partial charge < -0.3 is 14.5 Å². The molecule has 0 aliphatic heterocycles. The molecule has 0 saturated heterocycles. The zero-order valence-electron chi connectivity index (χ0n) is 14.8. The average molecular weight is 401 g/mol. The number of benzene rings is 2. The predicted molar refractivity (Wildman–Crippen MR) is 101 cm³/mol. The summed E-state index contributed by atoms with van der Waals surface area (Å²) in [6.07, 6.45) is 0. The van der Waals surface area contributed by atoms with Gasteiger partial charge in [0.2, 0.25) is 11.8 Å². The second-order valence-corrected chi connectivity index (χ2v) is 6.41. The highest BCUT2D eigenvalue weighted by atomic mass is 32.2. The largest absolute Gasteiger partial charge is 0.462 e. The fraction of sp³-hybridized carbons (Fsp3) is 0.158. The standard InChI is InChI=1S/C19H16FN3O4S/c1-2-26-18(25)14-5-3-4-6-15(14)21-16(24)11-28-19-23-22-17(27-19)12-7-9-13(20)10-8-12/h3-10H,2,11H2,1H3,(H,21,24). The van der Waals surface area contributed by atoms with Crippen LogP contribution >= 0.6 is 11.8 Å². The molecule has 3 aromatic rings. The summed E-state index contributed by atoms with van der Waals surface area (Å²) in [4.78, 5) is 24.2. The molecule has 1 amide bonds. The van der Waals surface area contributed by atoms with Gasteiger partial charge in [0.05, 0.1) is 23.6 Å². The minimum atomic E-state index is -0.508. The van der Waals surface area contributed by atoms with E-state index in [4.69, 9.17) is 9.15 Å². The number of halogens is 1. The lowest BCUT2D eigenvalue weighted by Crippen LogP contribution is -2.17. The molecule has 0 saturated carbocycles. The van der Waals surface area contributed by atoms with Crippen molar-refractivity contribution in [1.29, 1.82) is 0 Å². The van der Waals surface area contributed by atoms with Crippen LogP contribution in [0.25, 0.3) is 11.5 Å². The Balaban J connectivity index is 1.60. The van der Waals surface area contributed by atoms with Crippen molar-refractivity contribution >= 4 is 29.3 Å². The van der Waals surface area contributed by atoms with Gasteiger partial charge >= 0.3 is 5.97 Å². The van der Waals surface area contributed by atoms with E-state index in [1.54, 1.807) is 31.2 Å². The molecule has 0 atom stereocenters. The number of carbonyl (C=O) groups excluding carboxylic acids is 2. The Kier molecular flexibility index (Phi) is 6.38. The van der Waals surface area contributed by atoms with E-state index in [-0.39, 0.29) is 40.8 Å². The first-order valence-electron chi connectivity index (χ1n) is 8.35. The first-order valence-corrected chi connectivity index (χ1v) is 9.33. The highest BCUT2D eigenvalue weighted by Crippen LogP contribution is 2.24. The zero-order valence-corrected chi connectivity index (χ0v) is 15.7. The summed E-state index contributed by atoms with van der Waals surface area (Å²) < 4.78 is 23.4. The second kappa shape index (κ2) is 9.14. The third-order valence-electron chi connectivity index (χ3n) is 3.52. The molecule has 2 aromatic carbocycles. The molecule has 0 radical (unpaired) electrons. The predicted octanol–water partition coefficient (Wildman–Crippen LogP) is 3.78. The number of thioether (sulfide) groups is 1. The number of anilines is 1.